The molecule has 0 aliphatic carbocycles. The monoisotopic (exact) mass is 421 g/mol. The predicted molar refractivity (Wildman–Crippen MR) is 107 cm³/mol. The molecule has 146 valence electrons. The maximum absolute atomic E-state index is 12.4. The third-order valence-electron chi connectivity index (χ3n) is 4.37. The Labute approximate surface area is 171 Å². The lowest BCUT2D eigenvalue weighted by atomic mass is 10.0. The number of nitro benzene ring substituents is 1. The summed E-state index contributed by atoms with van der Waals surface area (Å²) in [5.41, 5.74) is 10.3. The van der Waals surface area contributed by atoms with Gasteiger partial charge in [-0.3, -0.25) is 14.9 Å². The maximum Gasteiger partial charge on any atom is 0.270 e. The Balaban J connectivity index is 1.63. The molecular weight excluding hydrogens is 405 g/mol. The Kier molecular flexibility index (Phi) is 6.25. The fourth-order valence-electron chi connectivity index (χ4n) is 2.84. The van der Waals surface area contributed by atoms with Crippen LogP contribution in [-0.2, 0) is 4.79 Å². The highest BCUT2D eigenvalue weighted by molar-refractivity contribution is 6.35. The Morgan fingerprint density at radius 3 is 2.75 bits per heavy atom. The molecular formula is C18H17Cl2N5O3. The highest BCUT2D eigenvalue weighted by Gasteiger charge is 2.31. The highest BCUT2D eigenvalue weighted by Crippen LogP contribution is 2.30. The van der Waals surface area contributed by atoms with Crippen LogP contribution in [-0.4, -0.2) is 22.6 Å². The van der Waals surface area contributed by atoms with Gasteiger partial charge in [-0.2, -0.15) is 5.10 Å². The third-order valence-corrected chi connectivity index (χ3v) is 4.93. The van der Waals surface area contributed by atoms with Gasteiger partial charge >= 0.3 is 0 Å². The van der Waals surface area contributed by atoms with E-state index in [9.17, 15) is 14.9 Å². The number of amides is 1. The molecule has 0 aromatic heterocycles. The number of carbonyl (C=O) groups is 1. The molecule has 1 amide bonds. The van der Waals surface area contributed by atoms with E-state index in [2.05, 4.69) is 21.4 Å². The van der Waals surface area contributed by atoms with Gasteiger partial charge in [0.1, 0.15) is 6.04 Å². The summed E-state index contributed by atoms with van der Waals surface area (Å²) >= 11 is 12.1. The lowest BCUT2D eigenvalue weighted by Crippen LogP contribution is -2.41. The number of nitrogens with one attached hydrogen (secondary N) is 3. The largest absolute Gasteiger partial charge is 0.271 e. The van der Waals surface area contributed by atoms with Crippen LogP contribution >= 0.6 is 23.2 Å². The van der Waals surface area contributed by atoms with Gasteiger partial charge in [0.05, 0.1) is 10.6 Å². The molecule has 8 nitrogen and oxygen atoms in total. The van der Waals surface area contributed by atoms with Crippen molar-refractivity contribution in [2.75, 3.05) is 0 Å². The minimum Gasteiger partial charge on any atom is -0.271 e. The molecule has 2 unspecified atom stereocenters. The van der Waals surface area contributed by atoms with Gasteiger partial charge in [-0.05, 0) is 31.0 Å². The number of rotatable bonds is 5. The quantitative estimate of drug-likeness (QED) is 0.389. The van der Waals surface area contributed by atoms with Gasteiger partial charge in [-0.25, -0.2) is 16.3 Å². The summed E-state index contributed by atoms with van der Waals surface area (Å²) in [6, 6.07) is 10.6. The Bertz CT molecular complexity index is 951. The maximum atomic E-state index is 12.4. The number of hydrazine groups is 1. The summed E-state index contributed by atoms with van der Waals surface area (Å²) in [4.78, 5) is 22.8. The van der Waals surface area contributed by atoms with Gasteiger partial charge < -0.3 is 0 Å². The van der Waals surface area contributed by atoms with Crippen LogP contribution in [0.1, 0.15) is 30.5 Å². The molecule has 1 fully saturated rings. The molecule has 28 heavy (non-hydrogen) atoms. The van der Waals surface area contributed by atoms with Crippen LogP contribution in [0.15, 0.2) is 47.6 Å². The molecule has 0 radical (unpaired) electrons. The van der Waals surface area contributed by atoms with E-state index in [1.54, 1.807) is 31.2 Å². The third kappa shape index (κ3) is 4.66. The molecule has 0 spiro atoms. The van der Waals surface area contributed by atoms with Crippen molar-refractivity contribution in [2.45, 2.75) is 25.4 Å². The molecule has 1 heterocycles. The van der Waals surface area contributed by atoms with Crippen molar-refractivity contribution in [3.63, 3.8) is 0 Å². The van der Waals surface area contributed by atoms with Crippen molar-refractivity contribution in [1.29, 1.82) is 0 Å². The van der Waals surface area contributed by atoms with E-state index in [-0.39, 0.29) is 17.6 Å². The summed E-state index contributed by atoms with van der Waals surface area (Å²) in [6.45, 7) is 1.66. The molecule has 1 aliphatic rings. The predicted octanol–water partition coefficient (Wildman–Crippen LogP) is 3.35. The molecule has 2 atom stereocenters. The zero-order valence-electron chi connectivity index (χ0n) is 14.8. The first-order chi connectivity index (χ1) is 13.3. The van der Waals surface area contributed by atoms with Gasteiger partial charge in [0, 0.05) is 33.8 Å². The van der Waals surface area contributed by atoms with E-state index < -0.39 is 11.0 Å². The van der Waals surface area contributed by atoms with Crippen LogP contribution in [0.4, 0.5) is 5.69 Å². The minimum atomic E-state index is -0.515. The number of nitro groups is 1. The van der Waals surface area contributed by atoms with Crippen LogP contribution in [0.5, 0.6) is 0 Å². The number of nitrogens with zero attached hydrogens (tertiary/aromatic N) is 2. The molecule has 3 rings (SSSR count). The zero-order chi connectivity index (χ0) is 20.3. The van der Waals surface area contributed by atoms with Crippen molar-refractivity contribution >= 4 is 40.5 Å². The second-order valence-electron chi connectivity index (χ2n) is 6.28. The fourth-order valence-corrected chi connectivity index (χ4v) is 3.38. The van der Waals surface area contributed by atoms with Crippen molar-refractivity contribution in [1.82, 2.24) is 16.3 Å². The summed E-state index contributed by atoms with van der Waals surface area (Å²) < 4.78 is 0. The van der Waals surface area contributed by atoms with E-state index in [1.807, 2.05) is 6.07 Å². The Morgan fingerprint density at radius 1 is 1.25 bits per heavy atom. The van der Waals surface area contributed by atoms with Gasteiger partial charge in [0.15, 0.2) is 0 Å². The first kappa shape index (κ1) is 20.2. The van der Waals surface area contributed by atoms with E-state index >= 15 is 0 Å². The van der Waals surface area contributed by atoms with E-state index in [4.69, 9.17) is 23.2 Å². The van der Waals surface area contributed by atoms with Crippen LogP contribution in [0.25, 0.3) is 0 Å². The summed E-state index contributed by atoms with van der Waals surface area (Å²) in [5, 5.41) is 16.0. The lowest BCUT2D eigenvalue weighted by Gasteiger charge is -2.11. The van der Waals surface area contributed by atoms with Crippen LogP contribution in [0.3, 0.4) is 0 Å². The molecule has 2 aromatic carbocycles. The molecule has 0 saturated carbocycles. The first-order valence-electron chi connectivity index (χ1n) is 8.40. The number of hydrogen-bond acceptors (Lipinski definition) is 6. The number of carbonyl (C=O) groups excluding carboxylic acids is 1. The van der Waals surface area contributed by atoms with Gasteiger partial charge in [-0.15, -0.1) is 0 Å². The summed E-state index contributed by atoms with van der Waals surface area (Å²) in [7, 11) is 0. The average molecular weight is 422 g/mol. The normalized spacial score (nSPS) is 19.5. The molecule has 1 saturated heterocycles. The second kappa shape index (κ2) is 8.66. The van der Waals surface area contributed by atoms with Crippen LogP contribution < -0.4 is 16.3 Å². The lowest BCUT2D eigenvalue weighted by molar-refractivity contribution is -0.384. The molecule has 3 N–H and O–H groups in total. The van der Waals surface area contributed by atoms with Gasteiger partial charge in [-0.1, -0.05) is 41.4 Å². The number of halogens is 2. The average Bonchev–Trinajstić information content (AvgIpc) is 3.15. The topological polar surface area (TPSA) is 109 Å². The highest BCUT2D eigenvalue weighted by atomic mass is 35.5. The number of benzene rings is 2. The molecule has 10 heteroatoms. The molecule has 2 aromatic rings. The first-order valence-corrected chi connectivity index (χ1v) is 9.15. The smallest absolute Gasteiger partial charge is 0.270 e. The van der Waals surface area contributed by atoms with Crippen molar-refractivity contribution in [3.05, 3.63) is 73.8 Å². The standard InChI is InChI=1S/C18H17Cl2N5O3/c1-10(11-3-2-4-13(7-11)25(27)28)21-24-18(26)17-9-16(22-23-17)14-6-5-12(19)8-15(14)20/h2-8,16-17,22-23H,9H2,1H3,(H,24,26)/b21-10+. The van der Waals surface area contributed by atoms with E-state index in [1.165, 1.54) is 12.1 Å². The van der Waals surface area contributed by atoms with Crippen LogP contribution in [0.2, 0.25) is 10.0 Å². The van der Waals surface area contributed by atoms with Gasteiger partial charge in [0.2, 0.25) is 0 Å². The van der Waals surface area contributed by atoms with Crippen molar-refractivity contribution in [3.8, 4) is 0 Å². The number of non-ortho nitro benzene ring substituents is 1. The Morgan fingerprint density at radius 2 is 2.04 bits per heavy atom. The molecule has 1 aliphatic heterocycles. The zero-order valence-corrected chi connectivity index (χ0v) is 16.3. The molecule has 0 bridgehead atoms. The Hall–Kier alpha value is -2.52. The second-order valence-corrected chi connectivity index (χ2v) is 7.12. The van der Waals surface area contributed by atoms with E-state index in [0.717, 1.165) is 5.56 Å². The fraction of sp³-hybridized carbons (Fsp3) is 0.222. The van der Waals surface area contributed by atoms with Crippen molar-refractivity contribution in [2.24, 2.45) is 5.10 Å². The number of hydrogen-bond donors (Lipinski definition) is 3. The van der Waals surface area contributed by atoms with Crippen molar-refractivity contribution < 1.29 is 9.72 Å². The van der Waals surface area contributed by atoms with E-state index in [0.29, 0.717) is 27.7 Å². The summed E-state index contributed by atoms with van der Waals surface area (Å²) in [5.74, 6) is -0.329. The minimum absolute atomic E-state index is 0.0391. The summed E-state index contributed by atoms with van der Waals surface area (Å²) in [6.07, 6.45) is 0.471. The van der Waals surface area contributed by atoms with Crippen LogP contribution in [0, 0.1) is 10.1 Å². The SMILES string of the molecule is C/C(=N\NC(=O)C1CC(c2ccc(Cl)cc2Cl)NN1)c1cccc([N+](=O)[O-])c1. The van der Waals surface area contributed by atoms with Gasteiger partial charge in [0.25, 0.3) is 11.6 Å². The number of hydrazone groups is 1.